The molecule has 2 saturated heterocycles. The van der Waals surface area contributed by atoms with Gasteiger partial charge in [-0.25, -0.2) is 13.1 Å². The minimum absolute atomic E-state index is 0.142. The van der Waals surface area contributed by atoms with Crippen LogP contribution in [0.3, 0.4) is 0 Å². The number of nitrogens with zero attached hydrogens (tertiary/aromatic N) is 2. The van der Waals surface area contributed by atoms with E-state index in [0.717, 1.165) is 6.26 Å². The van der Waals surface area contributed by atoms with Gasteiger partial charge < -0.3 is 19.7 Å². The van der Waals surface area contributed by atoms with E-state index in [1.807, 2.05) is 11.4 Å². The Morgan fingerprint density at radius 3 is 2.76 bits per heavy atom. The van der Waals surface area contributed by atoms with Gasteiger partial charge in [0.15, 0.2) is 0 Å². The molecule has 4 heterocycles. The van der Waals surface area contributed by atoms with Crippen LogP contribution < -0.4 is 14.8 Å². The van der Waals surface area contributed by atoms with E-state index in [0.29, 0.717) is 63.4 Å². The third kappa shape index (κ3) is 6.55. The lowest BCUT2D eigenvalue weighted by Gasteiger charge is -2.41. The molecule has 38 heavy (non-hydrogen) atoms. The zero-order chi connectivity index (χ0) is 26.7. The van der Waals surface area contributed by atoms with Gasteiger partial charge >= 0.3 is 0 Å². The van der Waals surface area contributed by atoms with Gasteiger partial charge in [0.1, 0.15) is 11.8 Å². The van der Waals surface area contributed by atoms with E-state index in [9.17, 15) is 18.0 Å². The van der Waals surface area contributed by atoms with E-state index in [4.69, 9.17) is 9.47 Å². The second-order valence-electron chi connectivity index (χ2n) is 10.1. The molecule has 3 aliphatic heterocycles. The summed E-state index contributed by atoms with van der Waals surface area (Å²) in [5.74, 6) is -0.0351. The summed E-state index contributed by atoms with van der Waals surface area (Å²) < 4.78 is 38.9. The van der Waals surface area contributed by atoms with Crippen molar-refractivity contribution in [3.63, 3.8) is 0 Å². The number of hydrogen-bond donors (Lipinski definition) is 2. The van der Waals surface area contributed by atoms with Crippen LogP contribution in [0.15, 0.2) is 41.1 Å². The number of hydrogen-bond acceptors (Lipinski definition) is 8. The van der Waals surface area contributed by atoms with Crippen molar-refractivity contribution in [2.75, 3.05) is 39.0 Å². The topological polar surface area (TPSA) is 117 Å². The highest BCUT2D eigenvalue weighted by molar-refractivity contribution is 7.88. The van der Waals surface area contributed by atoms with Crippen molar-refractivity contribution in [2.45, 2.75) is 50.1 Å². The maximum atomic E-state index is 13.8. The number of fused-ring (bicyclic) bond motifs is 4. The monoisotopic (exact) mass is 562 g/mol. The summed E-state index contributed by atoms with van der Waals surface area (Å²) in [4.78, 5) is 31.2. The first-order valence-corrected chi connectivity index (χ1v) is 15.8. The van der Waals surface area contributed by atoms with Crippen LogP contribution in [0.2, 0.25) is 0 Å². The molecule has 1 aromatic heterocycles. The maximum Gasteiger partial charge on any atom is 0.258 e. The first-order valence-electron chi connectivity index (χ1n) is 12.9. The number of rotatable bonds is 4. The normalized spacial score (nSPS) is 27.4. The number of ether oxygens (including phenoxy) is 2. The summed E-state index contributed by atoms with van der Waals surface area (Å²) >= 11 is 1.63. The number of thiophene rings is 1. The Kier molecular flexibility index (Phi) is 8.34. The fraction of sp³-hybridized carbons (Fsp3) is 0.538. The quantitative estimate of drug-likeness (QED) is 0.579. The van der Waals surface area contributed by atoms with Gasteiger partial charge in [-0.05, 0) is 47.4 Å². The van der Waals surface area contributed by atoms with E-state index in [-0.39, 0.29) is 24.5 Å². The second-order valence-corrected chi connectivity index (χ2v) is 12.7. The number of para-hydroxylation sites is 1. The fourth-order valence-corrected chi connectivity index (χ4v) is 6.89. The third-order valence-electron chi connectivity index (χ3n) is 7.29. The van der Waals surface area contributed by atoms with Gasteiger partial charge in [0, 0.05) is 45.2 Å². The lowest BCUT2D eigenvalue weighted by atomic mass is 9.97. The van der Waals surface area contributed by atoms with Crippen LogP contribution >= 0.6 is 11.3 Å². The van der Waals surface area contributed by atoms with Crippen LogP contribution in [0.25, 0.3) is 0 Å². The van der Waals surface area contributed by atoms with Crippen LogP contribution in [0, 0.1) is 0 Å². The molecule has 2 amide bonds. The Balaban J connectivity index is 1.42. The Morgan fingerprint density at radius 2 is 1.97 bits per heavy atom. The highest BCUT2D eigenvalue weighted by Crippen LogP contribution is 2.27. The van der Waals surface area contributed by atoms with Gasteiger partial charge in [0.05, 0.1) is 30.6 Å². The lowest BCUT2D eigenvalue weighted by Crippen LogP contribution is -2.61. The Bertz CT molecular complexity index is 1240. The third-order valence-corrected chi connectivity index (χ3v) is 8.75. The van der Waals surface area contributed by atoms with Crippen molar-refractivity contribution in [1.82, 2.24) is 19.8 Å². The molecule has 1 aromatic carbocycles. The first kappa shape index (κ1) is 27.1. The molecule has 0 spiro atoms. The Morgan fingerprint density at radius 1 is 1.13 bits per heavy atom. The highest BCUT2D eigenvalue weighted by Gasteiger charge is 2.39. The SMILES string of the molecule is CS(=O)(=O)N[C@@H]1CC[C@H]2CCOc3ccccc3C(=O)N3CCN(Cc4ccsc4)C[C@H]3C(=O)NC[C@H]1O2. The number of carbonyl (C=O) groups is 2. The van der Waals surface area contributed by atoms with Crippen molar-refractivity contribution in [3.8, 4) is 5.75 Å². The van der Waals surface area contributed by atoms with Gasteiger partial charge in [0.25, 0.3) is 5.91 Å². The summed E-state index contributed by atoms with van der Waals surface area (Å²) in [6.45, 7) is 2.62. The maximum absolute atomic E-state index is 13.8. The Hall–Kier alpha value is -2.51. The van der Waals surface area contributed by atoms with Crippen molar-refractivity contribution >= 4 is 33.2 Å². The summed E-state index contributed by atoms with van der Waals surface area (Å²) in [5, 5.41) is 7.10. The number of amides is 2. The molecule has 2 aromatic rings. The molecule has 2 fully saturated rings. The van der Waals surface area contributed by atoms with Crippen LogP contribution in [-0.4, -0.2) is 93.4 Å². The minimum Gasteiger partial charge on any atom is -0.493 e. The van der Waals surface area contributed by atoms with Gasteiger partial charge in [-0.15, -0.1) is 0 Å². The van der Waals surface area contributed by atoms with Crippen LogP contribution in [0.5, 0.6) is 5.75 Å². The van der Waals surface area contributed by atoms with E-state index in [1.165, 1.54) is 5.56 Å². The second kappa shape index (κ2) is 11.7. The minimum atomic E-state index is -3.45. The number of sulfonamides is 1. The molecule has 2 bridgehead atoms. The molecular formula is C26H34N4O6S2. The molecule has 0 saturated carbocycles. The van der Waals surface area contributed by atoms with Gasteiger partial charge in [0.2, 0.25) is 15.9 Å². The average molecular weight is 563 g/mol. The molecule has 0 aliphatic carbocycles. The standard InChI is InChI=1S/C26H34N4O6S2/c1-38(33,34)28-21-7-6-19-8-12-35-23-5-3-2-4-20(23)26(32)30-11-10-29(15-18-9-13-37-17-18)16-22(30)25(31)27-14-24(21)36-19/h2-5,9,13,17,19,21-22,24,28H,6-8,10-12,14-16H2,1H3,(H,27,31)/t19-,21+,22-,24+/m0/s1. The van der Waals surface area contributed by atoms with E-state index >= 15 is 0 Å². The van der Waals surface area contributed by atoms with Gasteiger partial charge in [-0.1, -0.05) is 12.1 Å². The molecule has 206 valence electrons. The van der Waals surface area contributed by atoms with Crippen molar-refractivity contribution < 1.29 is 27.5 Å². The van der Waals surface area contributed by atoms with Crippen molar-refractivity contribution in [3.05, 3.63) is 52.2 Å². The fourth-order valence-electron chi connectivity index (χ4n) is 5.41. The smallest absolute Gasteiger partial charge is 0.258 e. The van der Waals surface area contributed by atoms with E-state index in [2.05, 4.69) is 26.4 Å². The molecule has 3 aliphatic rings. The zero-order valence-electron chi connectivity index (χ0n) is 21.4. The van der Waals surface area contributed by atoms with Crippen LogP contribution in [-0.2, 0) is 26.1 Å². The molecule has 12 heteroatoms. The lowest BCUT2D eigenvalue weighted by molar-refractivity contribution is -0.130. The molecule has 0 radical (unpaired) electrons. The molecule has 10 nitrogen and oxygen atoms in total. The number of nitrogens with one attached hydrogen (secondary N) is 2. The molecule has 5 rings (SSSR count). The van der Waals surface area contributed by atoms with Crippen molar-refractivity contribution in [1.29, 1.82) is 0 Å². The number of carbonyl (C=O) groups excluding carboxylic acids is 2. The number of benzene rings is 1. The molecule has 2 N–H and O–H groups in total. The summed E-state index contributed by atoms with van der Waals surface area (Å²) in [5.41, 5.74) is 1.61. The summed E-state index contributed by atoms with van der Waals surface area (Å²) in [6.07, 6.45) is 2.29. The largest absolute Gasteiger partial charge is 0.493 e. The molecule has 4 atom stereocenters. The van der Waals surface area contributed by atoms with Crippen LogP contribution in [0.1, 0.15) is 35.2 Å². The predicted molar refractivity (Wildman–Crippen MR) is 144 cm³/mol. The molecule has 0 unspecified atom stereocenters. The Labute approximate surface area is 227 Å². The zero-order valence-corrected chi connectivity index (χ0v) is 23.0. The number of piperazine rings is 1. The molecular weight excluding hydrogens is 528 g/mol. The van der Waals surface area contributed by atoms with E-state index in [1.54, 1.807) is 34.4 Å². The first-order chi connectivity index (χ1) is 18.3. The average Bonchev–Trinajstić information content (AvgIpc) is 3.40. The summed E-state index contributed by atoms with van der Waals surface area (Å²) in [7, 11) is -3.45. The van der Waals surface area contributed by atoms with E-state index < -0.39 is 28.2 Å². The summed E-state index contributed by atoms with van der Waals surface area (Å²) in [6, 6.07) is 8.04. The van der Waals surface area contributed by atoms with Gasteiger partial charge in [-0.2, -0.15) is 11.3 Å². The van der Waals surface area contributed by atoms with Crippen molar-refractivity contribution in [2.24, 2.45) is 0 Å². The highest BCUT2D eigenvalue weighted by atomic mass is 32.2. The van der Waals surface area contributed by atoms with Crippen LogP contribution in [0.4, 0.5) is 0 Å². The predicted octanol–water partition coefficient (Wildman–Crippen LogP) is 1.44. The van der Waals surface area contributed by atoms with Gasteiger partial charge in [-0.3, -0.25) is 14.5 Å².